The first kappa shape index (κ1) is 10.7. The van der Waals surface area contributed by atoms with Crippen molar-refractivity contribution >= 4 is 16.2 Å². The standard InChI is InChI=1S/C7H10N2O4S/c1-9(2)14(11,12)7-4-3-6(13-7)5-8-10/h3-5,10H,1-2H3. The number of sulfonamides is 1. The van der Waals surface area contributed by atoms with E-state index in [-0.39, 0.29) is 10.9 Å². The Morgan fingerprint density at radius 2 is 2.14 bits per heavy atom. The molecule has 1 N–H and O–H groups in total. The summed E-state index contributed by atoms with van der Waals surface area (Å²) < 4.78 is 28.9. The summed E-state index contributed by atoms with van der Waals surface area (Å²) in [6, 6.07) is 2.70. The second-order valence-electron chi connectivity index (χ2n) is 2.69. The van der Waals surface area contributed by atoms with Gasteiger partial charge >= 0.3 is 0 Å². The topological polar surface area (TPSA) is 83.1 Å². The maximum Gasteiger partial charge on any atom is 0.275 e. The van der Waals surface area contributed by atoms with E-state index in [1.807, 2.05) is 0 Å². The fourth-order valence-electron chi connectivity index (χ4n) is 0.779. The molecule has 14 heavy (non-hydrogen) atoms. The highest BCUT2D eigenvalue weighted by Gasteiger charge is 2.20. The van der Waals surface area contributed by atoms with Crippen LogP contribution in [0.1, 0.15) is 5.76 Å². The molecule has 78 valence electrons. The van der Waals surface area contributed by atoms with Gasteiger partial charge in [0.25, 0.3) is 10.0 Å². The molecule has 0 aromatic carbocycles. The summed E-state index contributed by atoms with van der Waals surface area (Å²) in [6.07, 6.45) is 1.01. The van der Waals surface area contributed by atoms with Gasteiger partial charge in [-0.3, -0.25) is 0 Å². The number of nitrogens with zero attached hydrogens (tertiary/aromatic N) is 2. The maximum atomic E-state index is 11.5. The quantitative estimate of drug-likeness (QED) is 0.450. The first-order valence-corrected chi connectivity index (χ1v) is 5.12. The van der Waals surface area contributed by atoms with Gasteiger partial charge in [-0.1, -0.05) is 5.16 Å². The summed E-state index contributed by atoms with van der Waals surface area (Å²) >= 11 is 0. The van der Waals surface area contributed by atoms with Gasteiger partial charge < -0.3 is 9.62 Å². The van der Waals surface area contributed by atoms with E-state index in [4.69, 9.17) is 9.62 Å². The van der Waals surface area contributed by atoms with E-state index in [9.17, 15) is 8.42 Å². The average molecular weight is 218 g/mol. The third-order valence-corrected chi connectivity index (χ3v) is 3.21. The van der Waals surface area contributed by atoms with Crippen LogP contribution >= 0.6 is 0 Å². The van der Waals surface area contributed by atoms with Gasteiger partial charge in [0, 0.05) is 14.1 Å². The van der Waals surface area contributed by atoms with Crippen LogP contribution < -0.4 is 0 Å². The van der Waals surface area contributed by atoms with E-state index < -0.39 is 10.0 Å². The van der Waals surface area contributed by atoms with Crippen molar-refractivity contribution in [3.8, 4) is 0 Å². The van der Waals surface area contributed by atoms with E-state index in [0.29, 0.717) is 0 Å². The lowest BCUT2D eigenvalue weighted by atomic mass is 10.5. The first-order valence-electron chi connectivity index (χ1n) is 3.68. The van der Waals surface area contributed by atoms with Crippen LogP contribution in [0, 0.1) is 0 Å². The Morgan fingerprint density at radius 3 is 2.64 bits per heavy atom. The van der Waals surface area contributed by atoms with Crippen molar-refractivity contribution in [2.24, 2.45) is 5.16 Å². The lowest BCUT2D eigenvalue weighted by Crippen LogP contribution is -2.21. The molecule has 0 amide bonds. The van der Waals surface area contributed by atoms with Crippen LogP contribution in [0.25, 0.3) is 0 Å². The Hall–Kier alpha value is -1.34. The second kappa shape index (κ2) is 3.81. The number of oxime groups is 1. The molecule has 0 fully saturated rings. The molecule has 0 radical (unpaired) electrons. The molecule has 0 bridgehead atoms. The zero-order valence-electron chi connectivity index (χ0n) is 7.71. The fourth-order valence-corrected chi connectivity index (χ4v) is 1.58. The van der Waals surface area contributed by atoms with Gasteiger partial charge in [-0.2, -0.15) is 0 Å². The van der Waals surface area contributed by atoms with Gasteiger partial charge in [-0.05, 0) is 12.1 Å². The monoisotopic (exact) mass is 218 g/mol. The van der Waals surface area contributed by atoms with Crippen molar-refractivity contribution < 1.29 is 18.0 Å². The Kier molecular flexibility index (Phi) is 2.92. The molecule has 1 aromatic heterocycles. The van der Waals surface area contributed by atoms with Gasteiger partial charge in [0.2, 0.25) is 5.09 Å². The Bertz CT molecular complexity index is 432. The summed E-state index contributed by atoms with van der Waals surface area (Å²) in [6.45, 7) is 0. The van der Waals surface area contributed by atoms with Gasteiger partial charge in [-0.15, -0.1) is 0 Å². The minimum atomic E-state index is -3.55. The molecule has 0 aliphatic heterocycles. The molecule has 6 nitrogen and oxygen atoms in total. The summed E-state index contributed by atoms with van der Waals surface area (Å²) in [5.74, 6) is 0.174. The molecule has 0 atom stereocenters. The Labute approximate surface area is 81.5 Å². The van der Waals surface area contributed by atoms with Crippen molar-refractivity contribution in [2.45, 2.75) is 5.09 Å². The van der Waals surface area contributed by atoms with Crippen LogP contribution in [0.4, 0.5) is 0 Å². The first-order chi connectivity index (χ1) is 6.48. The summed E-state index contributed by atoms with van der Waals surface area (Å²) in [5.41, 5.74) is 0. The molecule has 1 heterocycles. The fraction of sp³-hybridized carbons (Fsp3) is 0.286. The highest BCUT2D eigenvalue weighted by atomic mass is 32.2. The SMILES string of the molecule is CN(C)S(=O)(=O)c1ccc(C=NO)o1. The number of furan rings is 1. The molecule has 0 spiro atoms. The molecule has 0 saturated carbocycles. The maximum absolute atomic E-state index is 11.5. The predicted octanol–water partition coefficient (Wildman–Crippen LogP) is 0.338. The highest BCUT2D eigenvalue weighted by Crippen LogP contribution is 2.15. The second-order valence-corrected chi connectivity index (χ2v) is 4.77. The largest absolute Gasteiger partial charge is 0.442 e. The van der Waals surface area contributed by atoms with Gasteiger partial charge in [0.1, 0.15) is 12.0 Å². The van der Waals surface area contributed by atoms with E-state index in [1.54, 1.807) is 0 Å². The van der Waals surface area contributed by atoms with Crippen LogP contribution in [-0.2, 0) is 10.0 Å². The van der Waals surface area contributed by atoms with E-state index in [0.717, 1.165) is 10.5 Å². The lowest BCUT2D eigenvalue weighted by molar-refractivity contribution is 0.320. The van der Waals surface area contributed by atoms with Crippen molar-refractivity contribution in [1.82, 2.24) is 4.31 Å². The summed E-state index contributed by atoms with van der Waals surface area (Å²) in [5, 5.41) is 10.7. The predicted molar refractivity (Wildman–Crippen MR) is 49.0 cm³/mol. The van der Waals surface area contributed by atoms with Gasteiger partial charge in [-0.25, -0.2) is 12.7 Å². The third kappa shape index (κ3) is 1.94. The molecule has 0 unspecified atom stereocenters. The van der Waals surface area contributed by atoms with Crippen molar-refractivity contribution in [3.63, 3.8) is 0 Å². The minimum absolute atomic E-state index is 0.174. The molecule has 0 aliphatic rings. The molecule has 1 rings (SSSR count). The van der Waals surface area contributed by atoms with Crippen molar-refractivity contribution in [1.29, 1.82) is 0 Å². The number of hydrogen-bond acceptors (Lipinski definition) is 5. The van der Waals surface area contributed by atoms with Crippen LogP contribution in [0.5, 0.6) is 0 Å². The molecule has 0 aliphatic carbocycles. The molecule has 7 heteroatoms. The Morgan fingerprint density at radius 1 is 1.50 bits per heavy atom. The molecular formula is C7H10N2O4S. The zero-order valence-corrected chi connectivity index (χ0v) is 8.52. The number of hydrogen-bond donors (Lipinski definition) is 1. The van der Waals surface area contributed by atoms with Crippen LogP contribution in [-0.4, -0.2) is 38.2 Å². The van der Waals surface area contributed by atoms with Crippen LogP contribution in [0.2, 0.25) is 0 Å². The molecule has 1 aromatic rings. The smallest absolute Gasteiger partial charge is 0.275 e. The van der Waals surface area contributed by atoms with Crippen LogP contribution in [0.3, 0.4) is 0 Å². The summed E-state index contributed by atoms with van der Waals surface area (Å²) in [7, 11) is -0.750. The molecular weight excluding hydrogens is 208 g/mol. The third-order valence-electron chi connectivity index (χ3n) is 1.52. The van der Waals surface area contributed by atoms with E-state index >= 15 is 0 Å². The van der Waals surface area contributed by atoms with Gasteiger partial charge in [0.05, 0.1) is 0 Å². The minimum Gasteiger partial charge on any atom is -0.442 e. The lowest BCUT2D eigenvalue weighted by Gasteiger charge is -2.07. The van der Waals surface area contributed by atoms with E-state index in [1.165, 1.54) is 26.2 Å². The van der Waals surface area contributed by atoms with Gasteiger partial charge in [0.15, 0.2) is 0 Å². The normalized spacial score (nSPS) is 12.8. The highest BCUT2D eigenvalue weighted by molar-refractivity contribution is 7.88. The Balaban J connectivity index is 3.10. The average Bonchev–Trinajstić information content (AvgIpc) is 2.53. The number of rotatable bonds is 3. The summed E-state index contributed by atoms with van der Waals surface area (Å²) in [4.78, 5) is 0. The molecule has 0 saturated heterocycles. The zero-order chi connectivity index (χ0) is 10.8. The van der Waals surface area contributed by atoms with Crippen LogP contribution in [0.15, 0.2) is 26.8 Å². The van der Waals surface area contributed by atoms with Crippen molar-refractivity contribution in [3.05, 3.63) is 17.9 Å². The van der Waals surface area contributed by atoms with Crippen molar-refractivity contribution in [2.75, 3.05) is 14.1 Å². The van der Waals surface area contributed by atoms with E-state index in [2.05, 4.69) is 5.16 Å².